The minimum Gasteiger partial charge on any atom is -0.491 e. The summed E-state index contributed by atoms with van der Waals surface area (Å²) in [5.74, 6) is 2.76. The van der Waals surface area contributed by atoms with Crippen LogP contribution in [-0.4, -0.2) is 55.4 Å². The van der Waals surface area contributed by atoms with Gasteiger partial charge in [-0.15, -0.1) is 0 Å². The standard InChI is InChI=1S/C24H28N4O4/c1-28-11-3-4-12-30-17-20-6-8-23(32-20)21-9-10-25-24(27-21)26-19-5-7-22(18(15-19)16-28)31-14-13-29-2/h3-10,15H,11-14,16-17H2,1-2H3,(H,25,26,27)/b4-3-. The summed E-state index contributed by atoms with van der Waals surface area (Å²) in [6.45, 7) is 3.46. The molecule has 0 saturated carbocycles. The Kier molecular flexibility index (Phi) is 7.50. The molecule has 1 aromatic carbocycles. The molecule has 0 unspecified atom stereocenters. The number of hydrogen-bond acceptors (Lipinski definition) is 8. The van der Waals surface area contributed by atoms with Crippen molar-refractivity contribution in [1.82, 2.24) is 14.9 Å². The third-order valence-corrected chi connectivity index (χ3v) is 4.91. The van der Waals surface area contributed by atoms with Gasteiger partial charge in [0.25, 0.3) is 0 Å². The number of anilines is 2. The van der Waals surface area contributed by atoms with Crippen molar-refractivity contribution < 1.29 is 18.6 Å². The summed E-state index contributed by atoms with van der Waals surface area (Å²) in [5.41, 5.74) is 2.65. The Morgan fingerprint density at radius 3 is 2.97 bits per heavy atom. The van der Waals surface area contributed by atoms with E-state index in [0.717, 1.165) is 35.9 Å². The van der Waals surface area contributed by atoms with Gasteiger partial charge in [-0.05, 0) is 43.4 Å². The number of rotatable bonds is 4. The molecule has 0 fully saturated rings. The van der Waals surface area contributed by atoms with E-state index >= 15 is 0 Å². The highest BCUT2D eigenvalue weighted by atomic mass is 16.5. The zero-order valence-corrected chi connectivity index (χ0v) is 18.4. The number of likely N-dealkylation sites (N-methyl/N-ethyl adjacent to an activating group) is 1. The molecular weight excluding hydrogens is 408 g/mol. The van der Waals surface area contributed by atoms with E-state index in [1.54, 1.807) is 13.3 Å². The van der Waals surface area contributed by atoms with Crippen molar-refractivity contribution in [2.45, 2.75) is 13.2 Å². The molecule has 3 heterocycles. The molecule has 1 aliphatic heterocycles. The van der Waals surface area contributed by atoms with Gasteiger partial charge in [0, 0.05) is 37.6 Å². The first-order valence-electron chi connectivity index (χ1n) is 10.6. The first-order chi connectivity index (χ1) is 15.7. The molecule has 32 heavy (non-hydrogen) atoms. The van der Waals surface area contributed by atoms with Crippen LogP contribution in [0.2, 0.25) is 0 Å². The summed E-state index contributed by atoms with van der Waals surface area (Å²) >= 11 is 0. The van der Waals surface area contributed by atoms with Gasteiger partial charge in [-0.1, -0.05) is 12.2 Å². The van der Waals surface area contributed by atoms with Gasteiger partial charge >= 0.3 is 0 Å². The van der Waals surface area contributed by atoms with E-state index in [1.807, 2.05) is 36.4 Å². The number of fused-ring (bicyclic) bond motifs is 7. The highest BCUT2D eigenvalue weighted by molar-refractivity contribution is 5.60. The minimum absolute atomic E-state index is 0.406. The van der Waals surface area contributed by atoms with Crippen LogP contribution in [0.1, 0.15) is 11.3 Å². The first kappa shape index (κ1) is 22.0. The van der Waals surface area contributed by atoms with Gasteiger partial charge in [0.05, 0.1) is 13.2 Å². The molecule has 1 N–H and O–H groups in total. The van der Waals surface area contributed by atoms with Gasteiger partial charge in [-0.2, -0.15) is 0 Å². The fraction of sp³-hybridized carbons (Fsp3) is 0.333. The molecule has 2 aromatic heterocycles. The van der Waals surface area contributed by atoms with Crippen LogP contribution in [0.25, 0.3) is 11.5 Å². The van der Waals surface area contributed by atoms with Crippen molar-refractivity contribution in [3.63, 3.8) is 0 Å². The molecule has 0 amide bonds. The minimum atomic E-state index is 0.406. The lowest BCUT2D eigenvalue weighted by Gasteiger charge is -2.19. The summed E-state index contributed by atoms with van der Waals surface area (Å²) < 4.78 is 22.6. The lowest BCUT2D eigenvalue weighted by Crippen LogP contribution is -2.19. The maximum atomic E-state index is 5.94. The first-order valence-corrected chi connectivity index (χ1v) is 10.6. The fourth-order valence-electron chi connectivity index (χ4n) is 3.34. The van der Waals surface area contributed by atoms with Crippen molar-refractivity contribution in [3.8, 4) is 17.2 Å². The van der Waals surface area contributed by atoms with Crippen LogP contribution < -0.4 is 10.1 Å². The van der Waals surface area contributed by atoms with Crippen molar-refractivity contribution in [1.29, 1.82) is 0 Å². The molecule has 0 radical (unpaired) electrons. The van der Waals surface area contributed by atoms with Crippen molar-refractivity contribution in [2.24, 2.45) is 0 Å². The van der Waals surface area contributed by atoms with Crippen LogP contribution in [0.15, 0.2) is 59.2 Å². The number of aromatic nitrogens is 2. The fourth-order valence-corrected chi connectivity index (χ4v) is 3.34. The smallest absolute Gasteiger partial charge is 0.227 e. The molecular formula is C24H28N4O4. The zero-order valence-electron chi connectivity index (χ0n) is 18.4. The number of nitrogens with one attached hydrogen (secondary N) is 1. The lowest BCUT2D eigenvalue weighted by atomic mass is 10.1. The van der Waals surface area contributed by atoms with Crippen molar-refractivity contribution in [3.05, 3.63) is 66.1 Å². The van der Waals surface area contributed by atoms with E-state index in [9.17, 15) is 0 Å². The Bertz CT molecular complexity index is 1050. The van der Waals surface area contributed by atoms with Gasteiger partial charge in [0.15, 0.2) is 5.76 Å². The number of nitrogens with zero attached hydrogens (tertiary/aromatic N) is 3. The number of benzene rings is 1. The molecule has 0 spiro atoms. The van der Waals surface area contributed by atoms with Gasteiger partial charge in [0.2, 0.25) is 5.95 Å². The van der Waals surface area contributed by atoms with Crippen LogP contribution in [0, 0.1) is 0 Å². The summed E-state index contributed by atoms with van der Waals surface area (Å²) in [4.78, 5) is 11.2. The van der Waals surface area contributed by atoms with E-state index in [4.69, 9.17) is 18.6 Å². The quantitative estimate of drug-likeness (QED) is 0.485. The Balaban J connectivity index is 1.64. The third kappa shape index (κ3) is 5.94. The Hall–Kier alpha value is -3.20. The van der Waals surface area contributed by atoms with Crippen LogP contribution in [0.5, 0.6) is 5.75 Å². The predicted molar refractivity (Wildman–Crippen MR) is 122 cm³/mol. The number of furan rings is 1. The largest absolute Gasteiger partial charge is 0.491 e. The summed E-state index contributed by atoms with van der Waals surface area (Å²) in [5, 5.41) is 3.30. The molecule has 0 saturated heterocycles. The summed E-state index contributed by atoms with van der Waals surface area (Å²) in [6.07, 6.45) is 5.83. The molecule has 8 heteroatoms. The average Bonchev–Trinajstić information content (AvgIpc) is 3.26. The maximum absolute atomic E-state index is 5.94. The van der Waals surface area contributed by atoms with Gasteiger partial charge in [0.1, 0.15) is 30.4 Å². The van der Waals surface area contributed by atoms with Crippen LogP contribution >= 0.6 is 0 Å². The number of methoxy groups -OCH3 is 1. The van der Waals surface area contributed by atoms with Crippen LogP contribution in [0.3, 0.4) is 0 Å². The van der Waals surface area contributed by atoms with E-state index < -0.39 is 0 Å². The summed E-state index contributed by atoms with van der Waals surface area (Å²) in [6, 6.07) is 11.6. The average molecular weight is 437 g/mol. The van der Waals surface area contributed by atoms with E-state index in [0.29, 0.717) is 43.8 Å². The number of hydrogen-bond donors (Lipinski definition) is 1. The second kappa shape index (κ2) is 10.9. The third-order valence-electron chi connectivity index (χ3n) is 4.91. The van der Waals surface area contributed by atoms with Gasteiger partial charge in [-0.25, -0.2) is 9.97 Å². The highest BCUT2D eigenvalue weighted by Gasteiger charge is 2.11. The second-order valence-corrected chi connectivity index (χ2v) is 7.50. The molecule has 3 aromatic rings. The zero-order chi connectivity index (χ0) is 22.2. The Morgan fingerprint density at radius 1 is 1.12 bits per heavy atom. The molecule has 1 aliphatic rings. The molecule has 168 valence electrons. The van der Waals surface area contributed by atoms with Crippen molar-refractivity contribution in [2.75, 3.05) is 45.8 Å². The van der Waals surface area contributed by atoms with Crippen molar-refractivity contribution >= 4 is 11.6 Å². The van der Waals surface area contributed by atoms with E-state index in [-0.39, 0.29) is 0 Å². The lowest BCUT2D eigenvalue weighted by molar-refractivity contribution is 0.132. The van der Waals surface area contributed by atoms with Crippen LogP contribution in [0.4, 0.5) is 11.6 Å². The SMILES string of the molecule is COCCOc1ccc2cc1CN(C)C/C=C\COCc1ccc(o1)-c1ccnc(n1)N2. The van der Waals surface area contributed by atoms with E-state index in [1.165, 1.54) is 0 Å². The number of ether oxygens (including phenoxy) is 3. The molecule has 0 atom stereocenters. The normalized spacial score (nSPS) is 15.9. The maximum Gasteiger partial charge on any atom is 0.227 e. The van der Waals surface area contributed by atoms with Gasteiger partial charge in [-0.3, -0.25) is 4.90 Å². The molecule has 0 aliphatic carbocycles. The monoisotopic (exact) mass is 436 g/mol. The van der Waals surface area contributed by atoms with Crippen LogP contribution in [-0.2, 0) is 22.6 Å². The van der Waals surface area contributed by atoms with Gasteiger partial charge < -0.3 is 23.9 Å². The molecule has 6 bridgehead atoms. The van der Waals surface area contributed by atoms with E-state index in [2.05, 4.69) is 39.4 Å². The molecule has 8 nitrogen and oxygen atoms in total. The summed E-state index contributed by atoms with van der Waals surface area (Å²) in [7, 11) is 3.73. The Labute approximate surface area is 187 Å². The highest BCUT2D eigenvalue weighted by Crippen LogP contribution is 2.27. The predicted octanol–water partition coefficient (Wildman–Crippen LogP) is 4.02. The molecule has 4 rings (SSSR count). The topological polar surface area (TPSA) is 81.9 Å². The second-order valence-electron chi connectivity index (χ2n) is 7.50. The Morgan fingerprint density at radius 2 is 2.06 bits per heavy atom.